The Balaban J connectivity index is 2.85. The molecule has 1 saturated carbocycles. The van der Waals surface area contributed by atoms with Crippen molar-refractivity contribution in [2.45, 2.75) is 35.3 Å². The van der Waals surface area contributed by atoms with E-state index in [0.29, 0.717) is 0 Å². The standard InChI is InChI=1S/C16H2F15NO2/c1-32-10-8(19)6(17)5(7(18)9(10)20)3(33)2-4(34)11(21)12(22,23)14(26,27)16(30,31)15(28,29)13(11,24)25/h2,33H/b3-2-. The molecule has 188 valence electrons. The topological polar surface area (TPSA) is 41.7 Å². The van der Waals surface area contributed by atoms with Crippen LogP contribution in [0.1, 0.15) is 5.56 Å². The van der Waals surface area contributed by atoms with Crippen LogP contribution in [0.15, 0.2) is 6.08 Å². The molecular weight excluding hydrogens is 523 g/mol. The molecule has 1 aromatic rings. The van der Waals surface area contributed by atoms with Crippen LogP contribution < -0.4 is 0 Å². The quantitative estimate of drug-likeness (QED) is 0.169. The van der Waals surface area contributed by atoms with Crippen LogP contribution in [-0.4, -0.2) is 46.2 Å². The largest absolute Gasteiger partial charge is 0.507 e. The van der Waals surface area contributed by atoms with Crippen molar-refractivity contribution in [2.75, 3.05) is 0 Å². The van der Waals surface area contributed by atoms with Gasteiger partial charge >= 0.3 is 35.3 Å². The minimum absolute atomic E-state index is 1.59. The zero-order valence-corrected chi connectivity index (χ0v) is 15.0. The van der Waals surface area contributed by atoms with Crippen molar-refractivity contribution in [3.63, 3.8) is 0 Å². The van der Waals surface area contributed by atoms with E-state index in [1.807, 2.05) is 4.85 Å². The number of hydrogen-bond donors (Lipinski definition) is 1. The van der Waals surface area contributed by atoms with Gasteiger partial charge in [0.1, 0.15) is 5.76 Å². The second-order valence-electron chi connectivity index (χ2n) is 6.52. The van der Waals surface area contributed by atoms with Crippen LogP contribution in [0.2, 0.25) is 0 Å². The first-order valence-corrected chi connectivity index (χ1v) is 7.79. The van der Waals surface area contributed by atoms with Gasteiger partial charge in [-0.3, -0.25) is 4.79 Å². The van der Waals surface area contributed by atoms with Gasteiger partial charge in [0.2, 0.25) is 5.78 Å². The fourth-order valence-corrected chi connectivity index (χ4v) is 2.77. The van der Waals surface area contributed by atoms with Crippen molar-refractivity contribution < 1.29 is 75.8 Å². The second kappa shape index (κ2) is 7.18. The Kier molecular flexibility index (Phi) is 5.73. The lowest BCUT2D eigenvalue weighted by molar-refractivity contribution is -0.475. The van der Waals surface area contributed by atoms with Crippen molar-refractivity contribution in [1.82, 2.24) is 0 Å². The number of carbonyl (C=O) groups excluding carboxylic acids is 1. The van der Waals surface area contributed by atoms with E-state index < -0.39 is 87.4 Å². The average Bonchev–Trinajstić information content (AvgIpc) is 2.70. The average molecular weight is 525 g/mol. The van der Waals surface area contributed by atoms with Crippen LogP contribution in [0.5, 0.6) is 0 Å². The Hall–Kier alpha value is -3.13. The number of nitrogens with zero attached hydrogens (tertiary/aromatic N) is 1. The lowest BCUT2D eigenvalue weighted by Crippen LogP contribution is -2.85. The van der Waals surface area contributed by atoms with Crippen LogP contribution in [0.3, 0.4) is 0 Å². The maximum atomic E-state index is 14.5. The van der Waals surface area contributed by atoms with Crippen molar-refractivity contribution in [1.29, 1.82) is 0 Å². The van der Waals surface area contributed by atoms with Crippen molar-refractivity contribution in [2.24, 2.45) is 0 Å². The third-order valence-corrected chi connectivity index (χ3v) is 4.66. The normalized spacial score (nSPS) is 23.8. The summed E-state index contributed by atoms with van der Waals surface area (Å²) in [5.74, 6) is -56.3. The smallest absolute Gasteiger partial charge is 0.384 e. The number of aliphatic hydroxyl groups is 1. The van der Waals surface area contributed by atoms with Crippen LogP contribution >= 0.6 is 0 Å². The predicted molar refractivity (Wildman–Crippen MR) is 76.7 cm³/mol. The van der Waals surface area contributed by atoms with Gasteiger partial charge in [0.15, 0.2) is 23.3 Å². The number of alkyl halides is 11. The molecule has 0 unspecified atom stereocenters. The van der Waals surface area contributed by atoms with Gasteiger partial charge in [0.25, 0.3) is 5.69 Å². The number of allylic oxidation sites excluding steroid dienone is 1. The Bertz CT molecular complexity index is 1090. The molecule has 0 amide bonds. The van der Waals surface area contributed by atoms with Gasteiger partial charge in [-0.25, -0.2) is 26.8 Å². The maximum Gasteiger partial charge on any atom is 0.384 e. The molecule has 1 fully saturated rings. The van der Waals surface area contributed by atoms with E-state index in [-0.39, 0.29) is 0 Å². The fraction of sp³-hybridized carbons (Fsp3) is 0.375. The molecule has 0 aromatic heterocycles. The molecule has 18 heteroatoms. The Morgan fingerprint density at radius 3 is 1.32 bits per heavy atom. The van der Waals surface area contributed by atoms with Gasteiger partial charge in [0.05, 0.1) is 12.1 Å². The number of benzene rings is 1. The molecule has 0 radical (unpaired) electrons. The summed E-state index contributed by atoms with van der Waals surface area (Å²) in [7, 11) is 0. The highest BCUT2D eigenvalue weighted by molar-refractivity contribution is 6.03. The van der Waals surface area contributed by atoms with Crippen molar-refractivity contribution in [3.8, 4) is 0 Å². The molecule has 0 aliphatic heterocycles. The van der Waals surface area contributed by atoms with Gasteiger partial charge in [-0.1, -0.05) is 0 Å². The summed E-state index contributed by atoms with van der Waals surface area (Å²) in [6.45, 7) is 6.32. The minimum atomic E-state index is -7.70. The zero-order chi connectivity index (χ0) is 27.0. The number of rotatable bonds is 3. The molecule has 3 nitrogen and oxygen atoms in total. The van der Waals surface area contributed by atoms with Crippen molar-refractivity contribution >= 4 is 17.2 Å². The highest BCUT2D eigenvalue weighted by Crippen LogP contribution is 2.69. The van der Waals surface area contributed by atoms with Crippen LogP contribution in [0.4, 0.5) is 71.5 Å². The Morgan fingerprint density at radius 1 is 0.676 bits per heavy atom. The predicted octanol–water partition coefficient (Wildman–Crippen LogP) is 6.16. The van der Waals surface area contributed by atoms with Crippen molar-refractivity contribution in [3.05, 3.63) is 46.3 Å². The number of halogens is 15. The molecule has 0 atom stereocenters. The number of carbonyl (C=O) groups is 1. The van der Waals surface area contributed by atoms with E-state index in [2.05, 4.69) is 0 Å². The molecule has 2 rings (SSSR count). The van der Waals surface area contributed by atoms with E-state index >= 15 is 0 Å². The van der Waals surface area contributed by atoms with Crippen LogP contribution in [-0.2, 0) is 4.79 Å². The summed E-state index contributed by atoms with van der Waals surface area (Å²) in [4.78, 5) is 13.6. The minimum Gasteiger partial charge on any atom is -0.507 e. The SMILES string of the molecule is [C-]#[N+]c1c(F)c(F)c(/C(O)=C/C(=O)C2(F)C(F)(F)C(F)(F)C(F)(F)C(F)(F)C2(F)F)c(F)c1F. The highest BCUT2D eigenvalue weighted by atomic mass is 19.4. The van der Waals surface area contributed by atoms with Gasteiger partial charge in [-0.05, 0) is 0 Å². The third-order valence-electron chi connectivity index (χ3n) is 4.66. The maximum absolute atomic E-state index is 14.5. The Morgan fingerprint density at radius 2 is 1.00 bits per heavy atom. The molecule has 0 bridgehead atoms. The first-order valence-electron chi connectivity index (χ1n) is 7.79. The van der Waals surface area contributed by atoms with Gasteiger partial charge in [0, 0.05) is 6.08 Å². The van der Waals surface area contributed by atoms with Crippen LogP contribution in [0, 0.1) is 29.8 Å². The van der Waals surface area contributed by atoms with E-state index in [0.717, 1.165) is 0 Å². The molecule has 0 spiro atoms. The fourth-order valence-electron chi connectivity index (χ4n) is 2.77. The molecule has 1 aliphatic carbocycles. The number of aliphatic hydroxyl groups excluding tert-OH is 1. The van der Waals surface area contributed by atoms with E-state index in [1.165, 1.54) is 0 Å². The first-order chi connectivity index (χ1) is 15.0. The summed E-state index contributed by atoms with van der Waals surface area (Å²) >= 11 is 0. The highest BCUT2D eigenvalue weighted by Gasteiger charge is 3.02. The number of hydrogen-bond acceptors (Lipinski definition) is 2. The molecule has 1 N–H and O–H groups in total. The second-order valence-corrected chi connectivity index (χ2v) is 6.52. The first kappa shape index (κ1) is 27.1. The van der Waals surface area contributed by atoms with Gasteiger partial charge < -0.3 is 5.11 Å². The molecular formula is C16H2F15NO2. The molecule has 1 aromatic carbocycles. The molecule has 1 aliphatic rings. The summed E-state index contributed by atoms with van der Waals surface area (Å²) in [6, 6.07) is 0. The van der Waals surface area contributed by atoms with E-state index in [4.69, 9.17) is 6.57 Å². The molecule has 34 heavy (non-hydrogen) atoms. The van der Waals surface area contributed by atoms with Gasteiger partial charge in [-0.2, -0.15) is 43.9 Å². The lowest BCUT2D eigenvalue weighted by atomic mass is 9.70. The summed E-state index contributed by atoms with van der Waals surface area (Å²) in [6.07, 6.45) is -1.59. The van der Waals surface area contributed by atoms with E-state index in [1.54, 1.807) is 0 Å². The lowest BCUT2D eigenvalue weighted by Gasteiger charge is -2.51. The zero-order valence-electron chi connectivity index (χ0n) is 15.0. The molecule has 0 saturated heterocycles. The number of ketones is 1. The monoisotopic (exact) mass is 525 g/mol. The molecule has 0 heterocycles. The summed E-state index contributed by atoms with van der Waals surface area (Å²) in [5, 5.41) is 9.38. The third kappa shape index (κ3) is 2.72. The Labute approximate surface area is 175 Å². The van der Waals surface area contributed by atoms with Crippen LogP contribution in [0.25, 0.3) is 10.6 Å². The van der Waals surface area contributed by atoms with Gasteiger partial charge in [-0.15, -0.1) is 0 Å². The summed E-state index contributed by atoms with van der Waals surface area (Å²) < 4.78 is 204. The summed E-state index contributed by atoms with van der Waals surface area (Å²) in [5.41, 5.74) is -12.0. The van der Waals surface area contributed by atoms with E-state index in [9.17, 15) is 75.8 Å².